The van der Waals surface area contributed by atoms with Crippen molar-refractivity contribution < 1.29 is 19.2 Å². The fraction of sp³-hybridized carbons (Fsp3) is 0.765. The van der Waals surface area contributed by atoms with Crippen molar-refractivity contribution in [3.63, 3.8) is 0 Å². The van der Waals surface area contributed by atoms with Gasteiger partial charge in [0.1, 0.15) is 6.04 Å². The first-order valence-electron chi connectivity index (χ1n) is 9.32. The third-order valence-corrected chi connectivity index (χ3v) is 3.80. The standard InChI is InChI=1S/C17H34N6O4/c1-19-10-6-14(24)21-9-4-3-5-13(17(18)27)23-16(26)8-12-22-15(25)7-11-20-2/h13,19-20H,3-12H2,1-2H3,(H2,18,27)(H,21,24)(H,22,25)(H,23,26). The monoisotopic (exact) mass is 386 g/mol. The van der Waals surface area contributed by atoms with Crippen LogP contribution in [0.15, 0.2) is 0 Å². The van der Waals surface area contributed by atoms with Crippen LogP contribution < -0.4 is 32.3 Å². The van der Waals surface area contributed by atoms with E-state index in [1.807, 2.05) is 0 Å². The van der Waals surface area contributed by atoms with Gasteiger partial charge < -0.3 is 32.3 Å². The van der Waals surface area contributed by atoms with Crippen molar-refractivity contribution in [1.29, 1.82) is 0 Å². The van der Waals surface area contributed by atoms with Gasteiger partial charge in [-0.25, -0.2) is 0 Å². The zero-order valence-electron chi connectivity index (χ0n) is 16.4. The van der Waals surface area contributed by atoms with Crippen molar-refractivity contribution in [1.82, 2.24) is 26.6 Å². The Morgan fingerprint density at radius 2 is 1.26 bits per heavy atom. The van der Waals surface area contributed by atoms with E-state index < -0.39 is 11.9 Å². The van der Waals surface area contributed by atoms with Crippen LogP contribution in [0.1, 0.15) is 38.5 Å². The van der Waals surface area contributed by atoms with Gasteiger partial charge in [-0.2, -0.15) is 0 Å². The van der Waals surface area contributed by atoms with Crippen LogP contribution in [0.4, 0.5) is 0 Å². The number of primary amides is 1. The van der Waals surface area contributed by atoms with Crippen molar-refractivity contribution in [2.75, 3.05) is 40.3 Å². The molecule has 0 aliphatic carbocycles. The molecule has 0 saturated carbocycles. The summed E-state index contributed by atoms with van der Waals surface area (Å²) in [6.07, 6.45) is 2.57. The van der Waals surface area contributed by atoms with Crippen LogP contribution in [-0.4, -0.2) is 69.9 Å². The van der Waals surface area contributed by atoms with Gasteiger partial charge in [-0.3, -0.25) is 19.2 Å². The summed E-state index contributed by atoms with van der Waals surface area (Å²) in [5.41, 5.74) is 5.33. The molecule has 0 aliphatic heterocycles. The molecule has 0 heterocycles. The quantitative estimate of drug-likeness (QED) is 0.168. The summed E-state index contributed by atoms with van der Waals surface area (Å²) in [5, 5.41) is 13.8. The van der Waals surface area contributed by atoms with E-state index in [1.54, 1.807) is 14.1 Å². The second kappa shape index (κ2) is 16.0. The second-order valence-corrected chi connectivity index (χ2v) is 6.18. The van der Waals surface area contributed by atoms with Crippen molar-refractivity contribution in [3.05, 3.63) is 0 Å². The fourth-order valence-corrected chi connectivity index (χ4v) is 2.22. The number of unbranched alkanes of at least 4 members (excludes halogenated alkanes) is 1. The molecule has 0 aromatic heterocycles. The van der Waals surface area contributed by atoms with E-state index in [0.29, 0.717) is 51.7 Å². The van der Waals surface area contributed by atoms with E-state index in [4.69, 9.17) is 5.73 Å². The molecule has 4 amide bonds. The molecule has 0 aromatic rings. The smallest absolute Gasteiger partial charge is 0.239 e. The second-order valence-electron chi connectivity index (χ2n) is 6.18. The van der Waals surface area contributed by atoms with Crippen LogP contribution >= 0.6 is 0 Å². The molecule has 0 bridgehead atoms. The molecule has 27 heavy (non-hydrogen) atoms. The summed E-state index contributed by atoms with van der Waals surface area (Å²) in [6.45, 7) is 1.91. The fourth-order valence-electron chi connectivity index (χ4n) is 2.22. The highest BCUT2D eigenvalue weighted by molar-refractivity contribution is 5.86. The lowest BCUT2D eigenvalue weighted by atomic mass is 10.1. The Kier molecular flexibility index (Phi) is 14.7. The van der Waals surface area contributed by atoms with Crippen LogP contribution in [0, 0.1) is 0 Å². The van der Waals surface area contributed by atoms with Gasteiger partial charge in [0.2, 0.25) is 23.6 Å². The van der Waals surface area contributed by atoms with Gasteiger partial charge in [0.25, 0.3) is 0 Å². The van der Waals surface area contributed by atoms with Gasteiger partial charge in [0, 0.05) is 45.4 Å². The molecule has 10 nitrogen and oxygen atoms in total. The maximum absolute atomic E-state index is 11.9. The topological polar surface area (TPSA) is 154 Å². The zero-order valence-corrected chi connectivity index (χ0v) is 16.4. The van der Waals surface area contributed by atoms with Crippen molar-refractivity contribution in [2.45, 2.75) is 44.6 Å². The van der Waals surface area contributed by atoms with Crippen molar-refractivity contribution >= 4 is 23.6 Å². The average molecular weight is 386 g/mol. The number of rotatable bonds is 16. The van der Waals surface area contributed by atoms with Crippen LogP contribution in [-0.2, 0) is 19.2 Å². The molecule has 0 spiro atoms. The molecule has 0 radical (unpaired) electrons. The third-order valence-electron chi connectivity index (χ3n) is 3.80. The molecule has 1 atom stereocenters. The number of hydrogen-bond acceptors (Lipinski definition) is 6. The third kappa shape index (κ3) is 14.6. The number of nitrogens with two attached hydrogens (primary N) is 1. The van der Waals surface area contributed by atoms with Gasteiger partial charge in [0.05, 0.1) is 0 Å². The maximum atomic E-state index is 11.9. The lowest BCUT2D eigenvalue weighted by Gasteiger charge is -2.15. The number of hydrogen-bond donors (Lipinski definition) is 6. The molecule has 10 heteroatoms. The Morgan fingerprint density at radius 3 is 1.78 bits per heavy atom. The SMILES string of the molecule is CNCCC(=O)NCCCCC(NC(=O)CCNC(=O)CCNC)C(N)=O. The van der Waals surface area contributed by atoms with Crippen molar-refractivity contribution in [2.24, 2.45) is 5.73 Å². The van der Waals surface area contributed by atoms with E-state index in [-0.39, 0.29) is 30.7 Å². The van der Waals surface area contributed by atoms with Crippen LogP contribution in [0.25, 0.3) is 0 Å². The Morgan fingerprint density at radius 1 is 0.741 bits per heavy atom. The minimum Gasteiger partial charge on any atom is -0.368 e. The van der Waals surface area contributed by atoms with Crippen molar-refractivity contribution in [3.8, 4) is 0 Å². The summed E-state index contributed by atoms with van der Waals surface area (Å²) < 4.78 is 0. The largest absolute Gasteiger partial charge is 0.368 e. The predicted molar refractivity (Wildman–Crippen MR) is 103 cm³/mol. The maximum Gasteiger partial charge on any atom is 0.239 e. The van der Waals surface area contributed by atoms with Crippen LogP contribution in [0.5, 0.6) is 0 Å². The first-order valence-corrected chi connectivity index (χ1v) is 9.32. The number of amides is 4. The molecule has 7 N–H and O–H groups in total. The van der Waals surface area contributed by atoms with Gasteiger partial charge in [0.15, 0.2) is 0 Å². The Bertz CT molecular complexity index is 472. The number of carbonyl (C=O) groups excluding carboxylic acids is 4. The highest BCUT2D eigenvalue weighted by atomic mass is 16.2. The van der Waals surface area contributed by atoms with Crippen LogP contribution in [0.2, 0.25) is 0 Å². The van der Waals surface area contributed by atoms with E-state index in [1.165, 1.54) is 0 Å². The normalized spacial score (nSPS) is 11.5. The summed E-state index contributed by atoms with van der Waals surface area (Å²) in [5.74, 6) is -1.10. The molecule has 0 saturated heterocycles. The molecule has 0 fully saturated rings. The lowest BCUT2D eigenvalue weighted by molar-refractivity contribution is -0.127. The Balaban J connectivity index is 3.95. The molecule has 0 rings (SSSR count). The summed E-state index contributed by atoms with van der Waals surface area (Å²) in [6, 6.07) is -0.752. The molecular formula is C17H34N6O4. The van der Waals surface area contributed by atoms with Gasteiger partial charge in [-0.05, 0) is 33.4 Å². The van der Waals surface area contributed by atoms with Gasteiger partial charge in [-0.15, -0.1) is 0 Å². The number of carbonyl (C=O) groups is 4. The first kappa shape index (κ1) is 24.8. The molecule has 1 unspecified atom stereocenters. The number of nitrogens with one attached hydrogen (secondary N) is 5. The highest BCUT2D eigenvalue weighted by Crippen LogP contribution is 2.01. The van der Waals surface area contributed by atoms with E-state index in [9.17, 15) is 19.2 Å². The zero-order chi connectivity index (χ0) is 20.5. The predicted octanol–water partition coefficient (Wildman–Crippen LogP) is -2.03. The minimum absolute atomic E-state index is 0.0270. The van der Waals surface area contributed by atoms with E-state index in [0.717, 1.165) is 0 Å². The average Bonchev–Trinajstić information content (AvgIpc) is 2.63. The summed E-state index contributed by atoms with van der Waals surface area (Å²) in [7, 11) is 3.53. The minimum atomic E-state index is -0.752. The summed E-state index contributed by atoms with van der Waals surface area (Å²) >= 11 is 0. The highest BCUT2D eigenvalue weighted by Gasteiger charge is 2.17. The Labute approximate surface area is 160 Å². The van der Waals surface area contributed by atoms with Gasteiger partial charge in [-0.1, -0.05) is 0 Å². The van der Waals surface area contributed by atoms with Gasteiger partial charge >= 0.3 is 0 Å². The first-order chi connectivity index (χ1) is 12.9. The molecular weight excluding hydrogens is 352 g/mol. The van der Waals surface area contributed by atoms with E-state index >= 15 is 0 Å². The lowest BCUT2D eigenvalue weighted by Crippen LogP contribution is -2.45. The van der Waals surface area contributed by atoms with Crippen LogP contribution in [0.3, 0.4) is 0 Å². The molecule has 156 valence electrons. The van der Waals surface area contributed by atoms with E-state index in [2.05, 4.69) is 26.6 Å². The molecule has 0 aliphatic rings. The summed E-state index contributed by atoms with van der Waals surface area (Å²) in [4.78, 5) is 46.2. The molecule has 0 aromatic carbocycles. The Hall–Kier alpha value is -2.20.